The smallest absolute Gasteiger partial charge is 0.330 e. The summed E-state index contributed by atoms with van der Waals surface area (Å²) in [6, 6.07) is 0. The number of rotatable bonds is 10. The third-order valence-corrected chi connectivity index (χ3v) is 2.74. The Bertz CT molecular complexity index is 539. The predicted octanol–water partition coefficient (Wildman–Crippen LogP) is -1.16. The van der Waals surface area contributed by atoms with Gasteiger partial charge in [-0.3, -0.25) is 14.3 Å². The number of nitrogens with two attached hydrogens (primary N) is 1. The summed E-state index contributed by atoms with van der Waals surface area (Å²) in [5, 5.41) is 2.87. The summed E-state index contributed by atoms with van der Waals surface area (Å²) in [5.41, 5.74) is 4.89. The fourth-order valence-corrected chi connectivity index (χ4v) is 1.66. The second-order valence-corrected chi connectivity index (χ2v) is 4.20. The standard InChI is InChI=1S/C12H22N4O5/c1-19-6-4-16-10(13)9(11(17)15-12(16)18)14-3-5-21-8-7-20-2/h14H,3-8,13H2,1-2H3,(H,15,17,18). The number of nitrogens with one attached hydrogen (secondary N) is 2. The number of aromatic nitrogens is 2. The highest BCUT2D eigenvalue weighted by atomic mass is 16.5. The Hall–Kier alpha value is -1.84. The SMILES string of the molecule is COCCOCCNc1c(N)n(CCOC)c(=O)[nH]c1=O. The molecule has 0 fully saturated rings. The molecule has 0 spiro atoms. The fraction of sp³-hybridized carbons (Fsp3) is 0.667. The first-order valence-corrected chi connectivity index (χ1v) is 6.54. The monoisotopic (exact) mass is 302 g/mol. The van der Waals surface area contributed by atoms with Gasteiger partial charge in [0.1, 0.15) is 11.5 Å². The van der Waals surface area contributed by atoms with Crippen LogP contribution in [0.15, 0.2) is 9.59 Å². The molecule has 1 aromatic rings. The number of ether oxygens (including phenoxy) is 3. The van der Waals surface area contributed by atoms with Gasteiger partial charge in [-0.25, -0.2) is 4.79 Å². The molecule has 0 atom stereocenters. The number of anilines is 2. The van der Waals surface area contributed by atoms with E-state index in [4.69, 9.17) is 19.9 Å². The van der Waals surface area contributed by atoms with Crippen LogP contribution in [0.2, 0.25) is 0 Å². The minimum Gasteiger partial charge on any atom is -0.383 e. The number of nitrogens with zero attached hydrogens (tertiary/aromatic N) is 1. The van der Waals surface area contributed by atoms with Crippen LogP contribution in [0.4, 0.5) is 11.5 Å². The van der Waals surface area contributed by atoms with Gasteiger partial charge in [0.25, 0.3) is 5.56 Å². The van der Waals surface area contributed by atoms with E-state index >= 15 is 0 Å². The van der Waals surface area contributed by atoms with Gasteiger partial charge in [0.2, 0.25) is 0 Å². The molecule has 4 N–H and O–H groups in total. The molecule has 120 valence electrons. The summed E-state index contributed by atoms with van der Waals surface area (Å²) >= 11 is 0. The van der Waals surface area contributed by atoms with Crippen molar-refractivity contribution in [3.8, 4) is 0 Å². The zero-order chi connectivity index (χ0) is 15.7. The van der Waals surface area contributed by atoms with E-state index in [-0.39, 0.29) is 18.1 Å². The molecule has 0 amide bonds. The van der Waals surface area contributed by atoms with Crippen LogP contribution >= 0.6 is 0 Å². The Kier molecular flexibility index (Phi) is 7.51. The maximum Gasteiger partial charge on any atom is 0.330 e. The number of hydrogen-bond acceptors (Lipinski definition) is 7. The van der Waals surface area contributed by atoms with E-state index in [2.05, 4.69) is 10.3 Å². The van der Waals surface area contributed by atoms with Gasteiger partial charge in [0.15, 0.2) is 0 Å². The Morgan fingerprint density at radius 3 is 2.52 bits per heavy atom. The fourth-order valence-electron chi connectivity index (χ4n) is 1.66. The Balaban J connectivity index is 2.68. The zero-order valence-corrected chi connectivity index (χ0v) is 12.3. The van der Waals surface area contributed by atoms with Crippen molar-refractivity contribution in [2.45, 2.75) is 6.54 Å². The van der Waals surface area contributed by atoms with E-state index in [0.717, 1.165) is 0 Å². The van der Waals surface area contributed by atoms with E-state index in [1.54, 1.807) is 7.11 Å². The minimum atomic E-state index is -0.559. The number of H-pyrrole nitrogens is 1. The van der Waals surface area contributed by atoms with Gasteiger partial charge in [0.05, 0.1) is 33.0 Å². The molecule has 0 saturated carbocycles. The molecule has 1 heterocycles. The van der Waals surface area contributed by atoms with Crippen molar-refractivity contribution in [1.29, 1.82) is 0 Å². The van der Waals surface area contributed by atoms with Gasteiger partial charge in [-0.1, -0.05) is 0 Å². The van der Waals surface area contributed by atoms with E-state index in [0.29, 0.717) is 33.0 Å². The first kappa shape index (κ1) is 17.2. The molecule has 0 aliphatic rings. The second-order valence-electron chi connectivity index (χ2n) is 4.20. The molecule has 21 heavy (non-hydrogen) atoms. The molecule has 0 radical (unpaired) electrons. The normalized spacial score (nSPS) is 10.8. The maximum absolute atomic E-state index is 11.7. The van der Waals surface area contributed by atoms with E-state index < -0.39 is 11.2 Å². The van der Waals surface area contributed by atoms with Crippen LogP contribution in [0.1, 0.15) is 0 Å². The average molecular weight is 302 g/mol. The molecule has 9 nitrogen and oxygen atoms in total. The van der Waals surface area contributed by atoms with Crippen molar-refractivity contribution < 1.29 is 14.2 Å². The van der Waals surface area contributed by atoms with Crippen LogP contribution in [0.5, 0.6) is 0 Å². The topological polar surface area (TPSA) is 121 Å². The van der Waals surface area contributed by atoms with Crippen molar-refractivity contribution in [3.63, 3.8) is 0 Å². The lowest BCUT2D eigenvalue weighted by Gasteiger charge is -2.13. The highest BCUT2D eigenvalue weighted by molar-refractivity contribution is 5.60. The predicted molar refractivity (Wildman–Crippen MR) is 78.8 cm³/mol. The summed E-state index contributed by atoms with van der Waals surface area (Å²) in [7, 11) is 3.11. The average Bonchev–Trinajstić information content (AvgIpc) is 2.45. The van der Waals surface area contributed by atoms with Gasteiger partial charge in [-0.05, 0) is 0 Å². The van der Waals surface area contributed by atoms with Crippen molar-refractivity contribution in [1.82, 2.24) is 9.55 Å². The van der Waals surface area contributed by atoms with Gasteiger partial charge in [0, 0.05) is 20.8 Å². The Morgan fingerprint density at radius 1 is 1.14 bits per heavy atom. The summed E-state index contributed by atoms with van der Waals surface area (Å²) in [6.45, 7) is 2.33. The van der Waals surface area contributed by atoms with Crippen LogP contribution in [-0.2, 0) is 20.8 Å². The summed E-state index contributed by atoms with van der Waals surface area (Å²) in [4.78, 5) is 25.6. The maximum atomic E-state index is 11.7. The largest absolute Gasteiger partial charge is 0.383 e. The second kappa shape index (κ2) is 9.16. The molecule has 0 aliphatic carbocycles. The van der Waals surface area contributed by atoms with Crippen molar-refractivity contribution >= 4 is 11.5 Å². The van der Waals surface area contributed by atoms with Crippen LogP contribution in [0.25, 0.3) is 0 Å². The van der Waals surface area contributed by atoms with Crippen LogP contribution in [-0.4, -0.2) is 56.7 Å². The summed E-state index contributed by atoms with van der Waals surface area (Å²) in [5.74, 6) is 0.0812. The number of hydrogen-bond donors (Lipinski definition) is 3. The van der Waals surface area contributed by atoms with Crippen LogP contribution < -0.4 is 22.3 Å². The first-order chi connectivity index (χ1) is 10.1. The Morgan fingerprint density at radius 2 is 1.86 bits per heavy atom. The number of nitrogen functional groups attached to an aromatic ring is 1. The number of methoxy groups -OCH3 is 2. The van der Waals surface area contributed by atoms with Gasteiger partial charge >= 0.3 is 5.69 Å². The lowest BCUT2D eigenvalue weighted by Crippen LogP contribution is -2.35. The van der Waals surface area contributed by atoms with E-state index in [1.807, 2.05) is 0 Å². The summed E-state index contributed by atoms with van der Waals surface area (Å²) < 4.78 is 16.3. The van der Waals surface area contributed by atoms with Crippen molar-refractivity contribution in [2.24, 2.45) is 0 Å². The molecule has 1 rings (SSSR count). The molecular weight excluding hydrogens is 280 g/mol. The number of aromatic amines is 1. The quantitative estimate of drug-likeness (QED) is 0.466. The molecule has 0 unspecified atom stereocenters. The molecule has 0 aliphatic heterocycles. The minimum absolute atomic E-state index is 0.0812. The van der Waals surface area contributed by atoms with Gasteiger partial charge in [-0.15, -0.1) is 0 Å². The molecule has 0 aromatic carbocycles. The highest BCUT2D eigenvalue weighted by Crippen LogP contribution is 2.09. The lowest BCUT2D eigenvalue weighted by atomic mass is 10.4. The van der Waals surface area contributed by atoms with Crippen LogP contribution in [0, 0.1) is 0 Å². The molecule has 0 bridgehead atoms. The zero-order valence-electron chi connectivity index (χ0n) is 12.3. The van der Waals surface area contributed by atoms with E-state index in [9.17, 15) is 9.59 Å². The first-order valence-electron chi connectivity index (χ1n) is 6.54. The lowest BCUT2D eigenvalue weighted by molar-refractivity contribution is 0.0759. The third kappa shape index (κ3) is 5.21. The Labute approximate surface area is 122 Å². The molecule has 0 saturated heterocycles. The van der Waals surface area contributed by atoms with Gasteiger partial charge < -0.3 is 25.3 Å². The van der Waals surface area contributed by atoms with Crippen LogP contribution in [0.3, 0.4) is 0 Å². The molecular formula is C12H22N4O5. The van der Waals surface area contributed by atoms with E-state index in [1.165, 1.54) is 11.7 Å². The van der Waals surface area contributed by atoms with Crippen molar-refractivity contribution in [3.05, 3.63) is 20.8 Å². The van der Waals surface area contributed by atoms with Crippen molar-refractivity contribution in [2.75, 3.05) is 58.2 Å². The third-order valence-electron chi connectivity index (χ3n) is 2.74. The summed E-state index contributed by atoms with van der Waals surface area (Å²) in [6.07, 6.45) is 0. The highest BCUT2D eigenvalue weighted by Gasteiger charge is 2.11. The molecule has 9 heteroatoms. The molecule has 1 aromatic heterocycles. The van der Waals surface area contributed by atoms with Gasteiger partial charge in [-0.2, -0.15) is 0 Å².